The third kappa shape index (κ3) is 4.74. The van der Waals surface area contributed by atoms with Crippen LogP contribution in [0.1, 0.15) is 61.4 Å². The minimum Gasteiger partial charge on any atom is -0.314 e. The number of nitrogens with zero attached hydrogens (tertiary/aromatic N) is 4. The van der Waals surface area contributed by atoms with Crippen LogP contribution in [0, 0.1) is 22.7 Å². The van der Waals surface area contributed by atoms with E-state index >= 15 is 0 Å². The maximum absolute atomic E-state index is 11.1. The summed E-state index contributed by atoms with van der Waals surface area (Å²) in [7, 11) is 0. The molecule has 0 radical (unpaired) electrons. The van der Waals surface area contributed by atoms with Crippen molar-refractivity contribution in [3.63, 3.8) is 0 Å². The van der Waals surface area contributed by atoms with Crippen LogP contribution >= 0.6 is 0 Å². The monoisotopic (exact) mass is 696 g/mol. The van der Waals surface area contributed by atoms with Crippen LogP contribution < -0.4 is 9.80 Å². The second-order valence-corrected chi connectivity index (χ2v) is 15.6. The number of benzene rings is 6. The molecule has 0 saturated carbocycles. The van der Waals surface area contributed by atoms with Crippen LogP contribution in [0.15, 0.2) is 169 Å². The number of hydrogen-bond donors (Lipinski definition) is 0. The molecule has 54 heavy (non-hydrogen) atoms. The number of anilines is 5. The van der Waals surface area contributed by atoms with E-state index in [9.17, 15) is 10.5 Å². The highest BCUT2D eigenvalue weighted by Gasteiger charge is 2.48. The third-order valence-corrected chi connectivity index (χ3v) is 12.0. The van der Waals surface area contributed by atoms with Crippen LogP contribution in [-0.2, 0) is 10.8 Å². The van der Waals surface area contributed by atoms with Gasteiger partial charge in [0.1, 0.15) is 6.07 Å². The van der Waals surface area contributed by atoms with Crippen molar-refractivity contribution >= 4 is 28.4 Å². The fourth-order valence-corrected chi connectivity index (χ4v) is 9.19. The molecule has 2 unspecified atom stereocenters. The van der Waals surface area contributed by atoms with Crippen molar-refractivity contribution in [3.05, 3.63) is 197 Å². The lowest BCUT2D eigenvalue weighted by Gasteiger charge is -2.48. The zero-order valence-corrected chi connectivity index (χ0v) is 31.0. The Morgan fingerprint density at radius 3 is 1.52 bits per heavy atom. The van der Waals surface area contributed by atoms with E-state index in [-0.39, 0.29) is 16.7 Å². The molecule has 0 spiro atoms. The van der Waals surface area contributed by atoms with Gasteiger partial charge in [-0.2, -0.15) is 10.5 Å². The molecule has 9 rings (SSSR count). The minimum atomic E-state index is -1.32. The van der Waals surface area contributed by atoms with E-state index in [1.54, 1.807) is 0 Å². The first kappa shape index (κ1) is 33.2. The summed E-state index contributed by atoms with van der Waals surface area (Å²) in [5.74, 6) is -0.202. The summed E-state index contributed by atoms with van der Waals surface area (Å²) in [6, 6.07) is 56.3. The van der Waals surface area contributed by atoms with Crippen LogP contribution in [0.5, 0.6) is 0 Å². The lowest BCUT2D eigenvalue weighted by Crippen LogP contribution is -2.49. The van der Waals surface area contributed by atoms with E-state index in [2.05, 4.69) is 177 Å². The Labute approximate surface area is 318 Å². The van der Waals surface area contributed by atoms with Gasteiger partial charge in [0.05, 0.1) is 23.0 Å². The van der Waals surface area contributed by atoms with E-state index in [1.165, 1.54) is 22.5 Å². The van der Waals surface area contributed by atoms with Crippen molar-refractivity contribution in [2.24, 2.45) is 0 Å². The molecule has 1 aliphatic carbocycles. The van der Waals surface area contributed by atoms with Crippen LogP contribution in [0.2, 0.25) is 0 Å². The molecule has 0 aromatic heterocycles. The standard InChI is InChI=1S/C50H40N4/c1-48(2)40-17-7-11-21-44(40)53(45-22-12-8-18-41(45)48)37-27-25-34(26-28-37)38-15-5-6-16-39(38)35-29-30-50(33-52,36(31-35)32-51)54-46-23-13-9-19-42(46)49(3,4)43-20-10-14-24-47(43)54/h5-31,35H,1-4H3. The number of fused-ring (bicyclic) bond motifs is 4. The SMILES string of the molecule is CC1(C)c2ccccc2N(c2ccc(-c3ccccc3C3C=CC(C#N)(N4c5ccccc5C(C)(C)c5ccccc54)C(C#N)=C3)cc2)c2ccccc21. The highest BCUT2D eigenvalue weighted by Crippen LogP contribution is 2.54. The van der Waals surface area contributed by atoms with Crippen molar-refractivity contribution in [2.75, 3.05) is 9.80 Å². The largest absolute Gasteiger partial charge is 0.314 e. The molecule has 2 heterocycles. The lowest BCUT2D eigenvalue weighted by molar-refractivity contribution is 0.606. The second kappa shape index (κ2) is 12.2. The summed E-state index contributed by atoms with van der Waals surface area (Å²) in [6.45, 7) is 9.06. The van der Waals surface area contributed by atoms with E-state index in [0.717, 1.165) is 44.9 Å². The first-order chi connectivity index (χ1) is 26.2. The number of para-hydroxylation sites is 4. The topological polar surface area (TPSA) is 54.1 Å². The summed E-state index contributed by atoms with van der Waals surface area (Å²) < 4.78 is 0. The number of rotatable bonds is 4. The molecule has 4 heteroatoms. The Balaban J connectivity index is 1.10. The molecule has 6 aromatic rings. The minimum absolute atomic E-state index is 0.119. The van der Waals surface area contributed by atoms with Crippen molar-refractivity contribution in [2.45, 2.75) is 50.0 Å². The van der Waals surface area contributed by atoms with Gasteiger partial charge in [-0.15, -0.1) is 0 Å². The quantitative estimate of drug-likeness (QED) is 0.172. The molecule has 0 N–H and O–H groups in total. The summed E-state index contributed by atoms with van der Waals surface area (Å²) in [6.07, 6.45) is 6.05. The third-order valence-electron chi connectivity index (χ3n) is 12.0. The highest BCUT2D eigenvalue weighted by molar-refractivity contribution is 5.87. The molecule has 2 aliphatic heterocycles. The maximum atomic E-state index is 11.1. The van der Waals surface area contributed by atoms with Crippen molar-refractivity contribution in [1.29, 1.82) is 10.5 Å². The maximum Gasteiger partial charge on any atom is 0.186 e. The van der Waals surface area contributed by atoms with Gasteiger partial charge in [0.2, 0.25) is 0 Å². The Morgan fingerprint density at radius 1 is 0.537 bits per heavy atom. The molecular formula is C50H40N4. The van der Waals surface area contributed by atoms with Crippen molar-refractivity contribution in [1.82, 2.24) is 0 Å². The van der Waals surface area contributed by atoms with E-state index < -0.39 is 5.54 Å². The van der Waals surface area contributed by atoms with E-state index in [4.69, 9.17) is 0 Å². The molecule has 260 valence electrons. The molecule has 0 bridgehead atoms. The second-order valence-electron chi connectivity index (χ2n) is 15.6. The van der Waals surface area contributed by atoms with Gasteiger partial charge in [0.25, 0.3) is 0 Å². The molecule has 0 fully saturated rings. The number of nitriles is 2. The van der Waals surface area contributed by atoms with Gasteiger partial charge in [-0.25, -0.2) is 0 Å². The molecule has 0 amide bonds. The van der Waals surface area contributed by atoms with Crippen molar-refractivity contribution < 1.29 is 0 Å². The lowest BCUT2D eigenvalue weighted by atomic mass is 9.71. The Hall–Kier alpha value is -6.62. The normalized spacial score (nSPS) is 20.0. The van der Waals surface area contributed by atoms with Gasteiger partial charge in [-0.3, -0.25) is 0 Å². The van der Waals surface area contributed by atoms with Gasteiger partial charge in [0, 0.05) is 33.8 Å². The zero-order valence-electron chi connectivity index (χ0n) is 31.0. The predicted molar refractivity (Wildman–Crippen MR) is 220 cm³/mol. The smallest absolute Gasteiger partial charge is 0.186 e. The summed E-state index contributed by atoms with van der Waals surface area (Å²) in [4.78, 5) is 4.45. The van der Waals surface area contributed by atoms with E-state index in [0.29, 0.717) is 5.57 Å². The molecule has 3 aliphatic rings. The predicted octanol–water partition coefficient (Wildman–Crippen LogP) is 12.3. The molecular weight excluding hydrogens is 657 g/mol. The Kier molecular flexibility index (Phi) is 7.53. The number of hydrogen-bond acceptors (Lipinski definition) is 4. The van der Waals surface area contributed by atoms with Gasteiger partial charge >= 0.3 is 0 Å². The van der Waals surface area contributed by atoms with Crippen LogP contribution in [0.3, 0.4) is 0 Å². The van der Waals surface area contributed by atoms with Gasteiger partial charge < -0.3 is 9.80 Å². The highest BCUT2D eigenvalue weighted by atomic mass is 15.2. The first-order valence-corrected chi connectivity index (χ1v) is 18.6. The van der Waals surface area contributed by atoms with Crippen molar-refractivity contribution in [3.8, 4) is 23.3 Å². The Morgan fingerprint density at radius 2 is 1.00 bits per heavy atom. The number of allylic oxidation sites excluding steroid dienone is 2. The van der Waals surface area contributed by atoms with E-state index in [1.807, 2.05) is 36.4 Å². The fraction of sp³-hybridized carbons (Fsp3) is 0.160. The summed E-state index contributed by atoms with van der Waals surface area (Å²) >= 11 is 0. The molecule has 4 nitrogen and oxygen atoms in total. The van der Waals surface area contributed by atoms with Crippen LogP contribution in [-0.4, -0.2) is 5.54 Å². The summed E-state index contributed by atoms with van der Waals surface area (Å²) in [5.41, 5.74) is 12.2. The van der Waals surface area contributed by atoms with Gasteiger partial charge in [0.15, 0.2) is 5.54 Å². The first-order valence-electron chi connectivity index (χ1n) is 18.6. The zero-order chi connectivity index (χ0) is 37.2. The average molecular weight is 697 g/mol. The van der Waals surface area contributed by atoms with Gasteiger partial charge in [-0.1, -0.05) is 149 Å². The summed E-state index contributed by atoms with van der Waals surface area (Å²) in [5, 5.41) is 21.9. The Bertz CT molecular complexity index is 2510. The van der Waals surface area contributed by atoms with Crippen LogP contribution in [0.4, 0.5) is 28.4 Å². The van der Waals surface area contributed by atoms with Gasteiger partial charge in [-0.05, 0) is 81.4 Å². The average Bonchev–Trinajstić information content (AvgIpc) is 3.21. The molecule has 6 aromatic carbocycles. The molecule has 0 saturated heterocycles. The fourth-order valence-electron chi connectivity index (χ4n) is 9.19. The molecule has 2 atom stereocenters. The van der Waals surface area contributed by atoms with Crippen LogP contribution in [0.25, 0.3) is 11.1 Å².